The molecular formula is C24H21N3S. The molecular weight excluding hydrogens is 362 g/mol. The van der Waals surface area contributed by atoms with Gasteiger partial charge in [0.2, 0.25) is 0 Å². The van der Waals surface area contributed by atoms with Gasteiger partial charge in [-0.3, -0.25) is 0 Å². The van der Waals surface area contributed by atoms with Crippen LogP contribution in [-0.2, 0) is 0 Å². The van der Waals surface area contributed by atoms with Gasteiger partial charge in [0.15, 0.2) is 5.82 Å². The summed E-state index contributed by atoms with van der Waals surface area (Å²) in [5.41, 5.74) is 4.15. The molecule has 0 bridgehead atoms. The minimum atomic E-state index is 0.664. The zero-order chi connectivity index (χ0) is 19.5. The molecule has 0 radical (unpaired) electrons. The van der Waals surface area contributed by atoms with Crippen LogP contribution >= 0.6 is 11.3 Å². The molecule has 4 heteroatoms. The fraction of sp³-hybridized carbons (Fsp3) is 0.0833. The van der Waals surface area contributed by atoms with E-state index < -0.39 is 0 Å². The summed E-state index contributed by atoms with van der Waals surface area (Å²) in [4.78, 5) is 9.49. The second kappa shape index (κ2) is 7.79. The third-order valence-corrected chi connectivity index (χ3v) is 5.56. The van der Waals surface area contributed by atoms with Crippen molar-refractivity contribution in [2.75, 3.05) is 12.4 Å². The lowest BCUT2D eigenvalue weighted by Gasteiger charge is -2.10. The van der Waals surface area contributed by atoms with Gasteiger partial charge in [-0.1, -0.05) is 43.0 Å². The number of benzene rings is 2. The highest BCUT2D eigenvalue weighted by atomic mass is 32.1. The molecule has 0 amide bonds. The number of hydrogen-bond acceptors (Lipinski definition) is 4. The Kier molecular flexibility index (Phi) is 5.04. The summed E-state index contributed by atoms with van der Waals surface area (Å²) >= 11 is 1.76. The lowest BCUT2D eigenvalue weighted by molar-refractivity contribution is 1.16. The van der Waals surface area contributed by atoms with Crippen molar-refractivity contribution in [1.29, 1.82) is 0 Å². The van der Waals surface area contributed by atoms with Crippen molar-refractivity contribution in [2.45, 2.75) is 6.92 Å². The van der Waals surface area contributed by atoms with Gasteiger partial charge >= 0.3 is 0 Å². The normalized spacial score (nSPS) is 12.1. The van der Waals surface area contributed by atoms with Crippen LogP contribution in [0.1, 0.15) is 12.7 Å². The van der Waals surface area contributed by atoms with Gasteiger partial charge in [0.05, 0.1) is 5.52 Å². The molecule has 0 aliphatic heterocycles. The number of hydrogen-bond donors (Lipinski definition) is 1. The van der Waals surface area contributed by atoms with Crippen LogP contribution in [0.3, 0.4) is 0 Å². The molecule has 3 nitrogen and oxygen atoms in total. The van der Waals surface area contributed by atoms with Gasteiger partial charge in [-0.25, -0.2) is 9.97 Å². The van der Waals surface area contributed by atoms with E-state index in [1.807, 2.05) is 32.2 Å². The average Bonchev–Trinajstić information content (AvgIpc) is 3.21. The highest BCUT2D eigenvalue weighted by molar-refractivity contribution is 7.17. The highest BCUT2D eigenvalue weighted by Gasteiger charge is 2.10. The molecule has 0 spiro atoms. The van der Waals surface area contributed by atoms with E-state index in [2.05, 4.69) is 59.7 Å². The topological polar surface area (TPSA) is 37.8 Å². The van der Waals surface area contributed by atoms with E-state index >= 15 is 0 Å². The summed E-state index contributed by atoms with van der Waals surface area (Å²) < 4.78 is 1.30. The largest absolute Gasteiger partial charge is 0.373 e. The van der Waals surface area contributed by atoms with Crippen LogP contribution in [0.4, 0.5) is 5.82 Å². The highest BCUT2D eigenvalue weighted by Crippen LogP contribution is 2.31. The fourth-order valence-corrected chi connectivity index (χ4v) is 3.98. The number of nitrogens with zero attached hydrogens (tertiary/aromatic N) is 2. The summed E-state index contributed by atoms with van der Waals surface area (Å²) in [6.45, 7) is 5.88. The molecule has 0 unspecified atom stereocenters. The zero-order valence-corrected chi connectivity index (χ0v) is 16.8. The Hall–Kier alpha value is -3.24. The molecule has 0 aliphatic rings. The van der Waals surface area contributed by atoms with E-state index in [1.165, 1.54) is 15.6 Å². The monoisotopic (exact) mass is 383 g/mol. The van der Waals surface area contributed by atoms with E-state index in [9.17, 15) is 0 Å². The van der Waals surface area contributed by atoms with E-state index in [-0.39, 0.29) is 0 Å². The van der Waals surface area contributed by atoms with Gasteiger partial charge in [0, 0.05) is 22.7 Å². The zero-order valence-electron chi connectivity index (χ0n) is 15.9. The Morgan fingerprint density at radius 2 is 1.89 bits per heavy atom. The average molecular weight is 384 g/mol. The van der Waals surface area contributed by atoms with Crippen LogP contribution in [-0.4, -0.2) is 17.0 Å². The molecule has 4 aromatic rings. The van der Waals surface area contributed by atoms with Gasteiger partial charge in [-0.2, -0.15) is 0 Å². The predicted molar refractivity (Wildman–Crippen MR) is 123 cm³/mol. The molecule has 1 N–H and O–H groups in total. The molecule has 2 heterocycles. The number of fused-ring (bicyclic) bond motifs is 2. The third-order valence-electron chi connectivity index (χ3n) is 4.66. The Labute approximate surface area is 168 Å². The smallest absolute Gasteiger partial charge is 0.162 e. The maximum absolute atomic E-state index is 4.76. The second-order valence-corrected chi connectivity index (χ2v) is 7.35. The Bertz CT molecular complexity index is 1230. The van der Waals surface area contributed by atoms with Crippen LogP contribution in [0.5, 0.6) is 0 Å². The van der Waals surface area contributed by atoms with E-state index in [0.29, 0.717) is 5.82 Å². The summed E-state index contributed by atoms with van der Waals surface area (Å²) in [5, 5.41) is 7.62. The minimum Gasteiger partial charge on any atom is -0.373 e. The van der Waals surface area contributed by atoms with Crippen molar-refractivity contribution in [3.05, 3.63) is 84.6 Å². The van der Waals surface area contributed by atoms with Gasteiger partial charge in [-0.05, 0) is 59.1 Å². The lowest BCUT2D eigenvalue weighted by atomic mass is 10.0. The quantitative estimate of drug-likeness (QED) is 0.390. The van der Waals surface area contributed by atoms with Gasteiger partial charge in [0.1, 0.15) is 5.82 Å². The Balaban J connectivity index is 1.85. The van der Waals surface area contributed by atoms with Crippen LogP contribution in [0.15, 0.2) is 78.7 Å². The molecule has 4 rings (SSSR count). The first-order valence-electron chi connectivity index (χ1n) is 9.16. The molecule has 0 fully saturated rings. The number of anilines is 1. The standard InChI is InChI=1S/C24H21N3S/c1-4-6-7-16(5-2)23-26-21-10-8-18(15-20(21)24(25-3)27-23)17-9-11-22-19(14-17)12-13-28-22/h4-15H,2H2,1,3H3,(H,25,26,27)/b6-4-,16-7+. The van der Waals surface area contributed by atoms with Crippen LogP contribution in [0.25, 0.3) is 37.7 Å². The predicted octanol–water partition coefficient (Wildman–Crippen LogP) is 6.70. The first-order valence-corrected chi connectivity index (χ1v) is 10.0. The van der Waals surface area contributed by atoms with Crippen LogP contribution < -0.4 is 5.32 Å². The number of allylic oxidation sites excluding steroid dienone is 5. The Morgan fingerprint density at radius 3 is 2.68 bits per heavy atom. The molecule has 0 atom stereocenters. The number of rotatable bonds is 5. The van der Waals surface area contributed by atoms with Crippen molar-refractivity contribution >= 4 is 43.7 Å². The minimum absolute atomic E-state index is 0.664. The second-order valence-electron chi connectivity index (χ2n) is 6.40. The van der Waals surface area contributed by atoms with Gasteiger partial charge < -0.3 is 5.32 Å². The molecule has 2 aromatic heterocycles. The first kappa shape index (κ1) is 18.1. The van der Waals surface area contributed by atoms with E-state index in [0.717, 1.165) is 27.9 Å². The van der Waals surface area contributed by atoms with Crippen molar-refractivity contribution in [3.8, 4) is 11.1 Å². The maximum atomic E-state index is 4.76. The van der Waals surface area contributed by atoms with Crippen molar-refractivity contribution in [2.24, 2.45) is 0 Å². The number of thiophene rings is 1. The van der Waals surface area contributed by atoms with Crippen LogP contribution in [0.2, 0.25) is 0 Å². The molecule has 0 saturated heterocycles. The summed E-state index contributed by atoms with van der Waals surface area (Å²) in [6.07, 6.45) is 7.69. The SMILES string of the molecule is C=C/C(=C\C=C/C)c1nc(NC)c2cc(-c3ccc4sccc4c3)ccc2n1. The Morgan fingerprint density at radius 1 is 1.07 bits per heavy atom. The lowest BCUT2D eigenvalue weighted by Crippen LogP contribution is -2.01. The number of aromatic nitrogens is 2. The summed E-state index contributed by atoms with van der Waals surface area (Å²) in [6, 6.07) is 15.1. The van der Waals surface area contributed by atoms with Gasteiger partial charge in [-0.15, -0.1) is 11.3 Å². The molecule has 0 aliphatic carbocycles. The summed E-state index contributed by atoms with van der Waals surface area (Å²) in [7, 11) is 1.89. The van der Waals surface area contributed by atoms with Crippen LogP contribution in [0, 0.1) is 0 Å². The fourth-order valence-electron chi connectivity index (χ4n) is 3.21. The molecule has 28 heavy (non-hydrogen) atoms. The van der Waals surface area contributed by atoms with Crippen molar-refractivity contribution in [1.82, 2.24) is 9.97 Å². The van der Waals surface area contributed by atoms with E-state index in [4.69, 9.17) is 9.97 Å². The van der Waals surface area contributed by atoms with Gasteiger partial charge in [0.25, 0.3) is 0 Å². The van der Waals surface area contributed by atoms with Crippen molar-refractivity contribution < 1.29 is 0 Å². The maximum Gasteiger partial charge on any atom is 0.162 e. The number of nitrogens with one attached hydrogen (secondary N) is 1. The molecule has 138 valence electrons. The van der Waals surface area contributed by atoms with E-state index in [1.54, 1.807) is 17.4 Å². The van der Waals surface area contributed by atoms with Crippen molar-refractivity contribution in [3.63, 3.8) is 0 Å². The molecule has 2 aromatic carbocycles. The first-order chi connectivity index (χ1) is 13.7. The molecule has 0 saturated carbocycles. The summed E-state index contributed by atoms with van der Waals surface area (Å²) in [5.74, 6) is 1.48. The third kappa shape index (κ3) is 3.35.